The minimum atomic E-state index is -0.537. The van der Waals surface area contributed by atoms with Gasteiger partial charge in [0.05, 0.1) is 16.4 Å². The van der Waals surface area contributed by atoms with Crippen LogP contribution in [0.1, 0.15) is 46.6 Å². The second-order valence-corrected chi connectivity index (χ2v) is 7.72. The van der Waals surface area contributed by atoms with Gasteiger partial charge < -0.3 is 5.73 Å². The Morgan fingerprint density at radius 2 is 1.96 bits per heavy atom. The van der Waals surface area contributed by atoms with Gasteiger partial charge in [0, 0.05) is 5.92 Å². The molecule has 1 aliphatic carbocycles. The number of aryl methyl sites for hydroxylation is 2. The minimum absolute atomic E-state index is 0.0153. The molecular formula is C18H20ClN3O2S. The number of hydrogen-bond donors (Lipinski definition) is 1. The molecule has 2 N–H and O–H groups in total. The molecule has 0 saturated heterocycles. The maximum Gasteiger partial charge on any atom is 0.260 e. The van der Waals surface area contributed by atoms with Crippen molar-refractivity contribution in [2.75, 3.05) is 4.90 Å². The third-order valence-electron chi connectivity index (χ3n) is 4.54. The Morgan fingerprint density at radius 1 is 1.28 bits per heavy atom. The van der Waals surface area contributed by atoms with E-state index in [1.54, 1.807) is 17.9 Å². The summed E-state index contributed by atoms with van der Waals surface area (Å²) >= 11 is 7.56. The summed E-state index contributed by atoms with van der Waals surface area (Å²) in [7, 11) is 0. The van der Waals surface area contributed by atoms with Crippen molar-refractivity contribution in [3.8, 4) is 0 Å². The van der Waals surface area contributed by atoms with Gasteiger partial charge in [-0.1, -0.05) is 47.9 Å². The van der Waals surface area contributed by atoms with Crippen LogP contribution in [0.4, 0.5) is 10.8 Å². The van der Waals surface area contributed by atoms with E-state index in [4.69, 9.17) is 17.3 Å². The smallest absolute Gasteiger partial charge is 0.260 e. The molecule has 0 unspecified atom stereocenters. The molecule has 25 heavy (non-hydrogen) atoms. The highest BCUT2D eigenvalue weighted by Gasteiger charge is 2.33. The topological polar surface area (TPSA) is 76.3 Å². The lowest BCUT2D eigenvalue weighted by atomic mass is 10.1. The predicted octanol–water partition coefficient (Wildman–Crippen LogP) is 4.37. The first-order valence-electron chi connectivity index (χ1n) is 8.26. The highest BCUT2D eigenvalue weighted by atomic mass is 35.5. The van der Waals surface area contributed by atoms with Gasteiger partial charge in [0.25, 0.3) is 5.91 Å². The highest BCUT2D eigenvalue weighted by molar-refractivity contribution is 7.17. The van der Waals surface area contributed by atoms with E-state index in [-0.39, 0.29) is 11.8 Å². The van der Waals surface area contributed by atoms with Crippen molar-refractivity contribution in [2.45, 2.75) is 39.5 Å². The van der Waals surface area contributed by atoms with Crippen LogP contribution in [-0.2, 0) is 4.79 Å². The lowest BCUT2D eigenvalue weighted by Crippen LogP contribution is -2.32. The van der Waals surface area contributed by atoms with Crippen molar-refractivity contribution in [3.05, 3.63) is 39.4 Å². The molecule has 5 nitrogen and oxygen atoms in total. The zero-order valence-corrected chi connectivity index (χ0v) is 15.8. The van der Waals surface area contributed by atoms with Gasteiger partial charge in [-0.2, -0.15) is 0 Å². The number of amides is 2. The quantitative estimate of drug-likeness (QED) is 0.859. The van der Waals surface area contributed by atoms with Crippen LogP contribution in [0.2, 0.25) is 5.02 Å². The van der Waals surface area contributed by atoms with Crippen LogP contribution >= 0.6 is 22.9 Å². The van der Waals surface area contributed by atoms with Gasteiger partial charge in [0.2, 0.25) is 5.91 Å². The Kier molecular flexibility index (Phi) is 5.11. The molecule has 1 saturated carbocycles. The molecule has 2 amide bonds. The Morgan fingerprint density at radius 3 is 2.52 bits per heavy atom. The number of nitrogens with zero attached hydrogens (tertiary/aromatic N) is 2. The molecule has 0 radical (unpaired) electrons. The van der Waals surface area contributed by atoms with Crippen LogP contribution in [0, 0.1) is 19.8 Å². The van der Waals surface area contributed by atoms with E-state index in [2.05, 4.69) is 4.98 Å². The minimum Gasteiger partial charge on any atom is -0.365 e. The monoisotopic (exact) mass is 377 g/mol. The lowest BCUT2D eigenvalue weighted by Gasteiger charge is -2.25. The molecule has 0 bridgehead atoms. The van der Waals surface area contributed by atoms with Gasteiger partial charge >= 0.3 is 0 Å². The van der Waals surface area contributed by atoms with Gasteiger partial charge in [0.15, 0.2) is 5.13 Å². The first kappa shape index (κ1) is 17.9. The summed E-state index contributed by atoms with van der Waals surface area (Å²) in [6, 6.07) is 5.52. The third-order valence-corrected chi connectivity index (χ3v) is 6.00. The number of primary amides is 1. The zero-order valence-electron chi connectivity index (χ0n) is 14.2. The van der Waals surface area contributed by atoms with Gasteiger partial charge in [-0.15, -0.1) is 0 Å². The number of para-hydroxylation sites is 1. The Labute approximate surface area is 155 Å². The number of thiazole rings is 1. The van der Waals surface area contributed by atoms with Crippen molar-refractivity contribution in [2.24, 2.45) is 11.7 Å². The number of carbonyl (C=O) groups is 2. The maximum atomic E-state index is 13.3. The largest absolute Gasteiger partial charge is 0.365 e. The number of hydrogen-bond acceptors (Lipinski definition) is 4. The molecule has 0 atom stereocenters. The van der Waals surface area contributed by atoms with E-state index in [0.717, 1.165) is 42.6 Å². The lowest BCUT2D eigenvalue weighted by molar-refractivity contribution is -0.121. The number of aromatic nitrogens is 1. The number of nitrogens with two attached hydrogens (primary N) is 1. The SMILES string of the molecule is Cc1cccc(Cl)c1N(C(=O)C1CCCC1)c1nc(C)c(C(N)=O)s1. The normalized spacial score (nSPS) is 14.7. The van der Waals surface area contributed by atoms with Crippen LogP contribution in [0.5, 0.6) is 0 Å². The van der Waals surface area contributed by atoms with Crippen molar-refractivity contribution in [1.29, 1.82) is 0 Å². The zero-order chi connectivity index (χ0) is 18.1. The Balaban J connectivity index is 2.13. The molecule has 1 heterocycles. The van der Waals surface area contributed by atoms with E-state index in [0.29, 0.717) is 26.4 Å². The molecule has 1 aromatic heterocycles. The summed E-state index contributed by atoms with van der Waals surface area (Å²) in [6.07, 6.45) is 3.84. The molecule has 0 aliphatic heterocycles. The molecule has 1 aliphatic rings. The second-order valence-electron chi connectivity index (χ2n) is 6.34. The number of anilines is 2. The van der Waals surface area contributed by atoms with Crippen LogP contribution in [0.25, 0.3) is 0 Å². The molecule has 1 fully saturated rings. The number of rotatable bonds is 4. The van der Waals surface area contributed by atoms with Crippen LogP contribution in [0.15, 0.2) is 18.2 Å². The Bertz CT molecular complexity index is 807. The van der Waals surface area contributed by atoms with Crippen molar-refractivity contribution >= 4 is 45.6 Å². The molecule has 1 aromatic carbocycles. The second kappa shape index (κ2) is 7.14. The van der Waals surface area contributed by atoms with Gasteiger partial charge in [0.1, 0.15) is 4.88 Å². The molecule has 132 valence electrons. The molecule has 3 rings (SSSR count). The third kappa shape index (κ3) is 3.41. The summed E-state index contributed by atoms with van der Waals surface area (Å²) in [4.78, 5) is 31.3. The van der Waals surface area contributed by atoms with Crippen LogP contribution in [-0.4, -0.2) is 16.8 Å². The average molecular weight is 378 g/mol. The van der Waals surface area contributed by atoms with Crippen LogP contribution < -0.4 is 10.6 Å². The van der Waals surface area contributed by atoms with Crippen molar-refractivity contribution in [1.82, 2.24) is 4.98 Å². The maximum absolute atomic E-state index is 13.3. The highest BCUT2D eigenvalue weighted by Crippen LogP contribution is 2.40. The van der Waals surface area contributed by atoms with Gasteiger partial charge in [-0.25, -0.2) is 4.98 Å². The van der Waals surface area contributed by atoms with Gasteiger partial charge in [-0.05, 0) is 38.3 Å². The fourth-order valence-electron chi connectivity index (χ4n) is 3.27. The number of halogens is 1. The first-order valence-corrected chi connectivity index (χ1v) is 9.46. The Hall–Kier alpha value is -1.92. The summed E-state index contributed by atoms with van der Waals surface area (Å²) in [5.74, 6) is -0.597. The first-order chi connectivity index (χ1) is 11.9. The number of carbonyl (C=O) groups excluding carboxylic acids is 2. The average Bonchev–Trinajstić information content (AvgIpc) is 3.20. The van der Waals surface area contributed by atoms with E-state index in [1.807, 2.05) is 19.1 Å². The fourth-order valence-corrected chi connectivity index (χ4v) is 4.51. The van der Waals surface area contributed by atoms with E-state index in [1.165, 1.54) is 0 Å². The molecular weight excluding hydrogens is 358 g/mol. The summed E-state index contributed by atoms with van der Waals surface area (Å²) < 4.78 is 0. The predicted molar refractivity (Wildman–Crippen MR) is 101 cm³/mol. The van der Waals surface area contributed by atoms with Crippen molar-refractivity contribution < 1.29 is 9.59 Å². The van der Waals surface area contributed by atoms with Crippen LogP contribution in [0.3, 0.4) is 0 Å². The summed E-state index contributed by atoms with van der Waals surface area (Å²) in [5, 5.41) is 0.930. The summed E-state index contributed by atoms with van der Waals surface area (Å²) in [6.45, 7) is 3.63. The molecule has 2 aromatic rings. The van der Waals surface area contributed by atoms with Crippen molar-refractivity contribution in [3.63, 3.8) is 0 Å². The standard InChI is InChI=1S/C18H20ClN3O2S/c1-10-6-5-9-13(19)14(10)22(17(24)12-7-3-4-8-12)18-21-11(2)15(25-18)16(20)23/h5-6,9,12H,3-4,7-8H2,1-2H3,(H2,20,23). The number of benzene rings is 1. The van der Waals surface area contributed by atoms with E-state index >= 15 is 0 Å². The molecule has 7 heteroatoms. The summed E-state index contributed by atoms with van der Waals surface area (Å²) in [5.41, 5.74) is 7.47. The van der Waals surface area contributed by atoms with E-state index < -0.39 is 5.91 Å². The fraction of sp³-hybridized carbons (Fsp3) is 0.389. The molecule has 0 spiro atoms. The van der Waals surface area contributed by atoms with Gasteiger partial charge in [-0.3, -0.25) is 14.5 Å². The van der Waals surface area contributed by atoms with E-state index in [9.17, 15) is 9.59 Å².